The Morgan fingerprint density at radius 3 is 2.87 bits per heavy atom. The Hall–Kier alpha value is -1.13. The van der Waals surface area contributed by atoms with E-state index in [0.29, 0.717) is 17.1 Å². The van der Waals surface area contributed by atoms with E-state index in [1.165, 1.54) is 18.2 Å². The van der Waals surface area contributed by atoms with Crippen LogP contribution < -0.4 is 0 Å². The molecule has 0 heterocycles. The lowest BCUT2D eigenvalue weighted by Gasteiger charge is -2.14. The number of likely N-dealkylation sites (N-methyl/N-ethyl adjacent to an activating group) is 1. The molecule has 0 saturated heterocycles. The number of hydrogen-bond donors (Lipinski definition) is 1. The van der Waals surface area contributed by atoms with Crippen LogP contribution in [0.4, 0.5) is 4.39 Å². The molecule has 1 aromatic rings. The summed E-state index contributed by atoms with van der Waals surface area (Å²) in [6.07, 6.45) is 0. The van der Waals surface area contributed by atoms with Gasteiger partial charge in [0.1, 0.15) is 5.82 Å². The minimum atomic E-state index is -0.926. The summed E-state index contributed by atoms with van der Waals surface area (Å²) in [6, 6.07) is 4.03. The van der Waals surface area contributed by atoms with E-state index in [4.69, 9.17) is 16.7 Å². The van der Waals surface area contributed by atoms with Crippen molar-refractivity contribution in [2.75, 3.05) is 13.6 Å². The SMILES string of the molecule is CN(CC(=O)O)Cc1cc(F)ccc1Cl. The molecule has 0 atom stereocenters. The van der Waals surface area contributed by atoms with Gasteiger partial charge in [0, 0.05) is 11.6 Å². The summed E-state index contributed by atoms with van der Waals surface area (Å²) in [6.45, 7) is 0.204. The fraction of sp³-hybridized carbons (Fsp3) is 0.300. The van der Waals surface area contributed by atoms with E-state index < -0.39 is 5.97 Å². The van der Waals surface area contributed by atoms with Gasteiger partial charge in [-0.15, -0.1) is 0 Å². The molecule has 0 aliphatic rings. The van der Waals surface area contributed by atoms with Crippen LogP contribution in [0, 0.1) is 5.82 Å². The molecule has 0 unspecified atom stereocenters. The van der Waals surface area contributed by atoms with Crippen molar-refractivity contribution in [1.29, 1.82) is 0 Å². The first-order valence-corrected chi connectivity index (χ1v) is 4.71. The van der Waals surface area contributed by atoms with E-state index in [2.05, 4.69) is 0 Å². The third-order valence-electron chi connectivity index (χ3n) is 1.85. The van der Waals surface area contributed by atoms with Crippen LogP contribution in [0.15, 0.2) is 18.2 Å². The van der Waals surface area contributed by atoms with Crippen molar-refractivity contribution in [2.24, 2.45) is 0 Å². The van der Waals surface area contributed by atoms with Gasteiger partial charge >= 0.3 is 5.97 Å². The number of hydrogen-bond acceptors (Lipinski definition) is 2. The summed E-state index contributed by atoms with van der Waals surface area (Å²) >= 11 is 5.84. The molecule has 0 aromatic heterocycles. The molecule has 3 nitrogen and oxygen atoms in total. The van der Waals surface area contributed by atoms with E-state index in [-0.39, 0.29) is 12.4 Å². The summed E-state index contributed by atoms with van der Waals surface area (Å²) in [5, 5.41) is 8.98. The summed E-state index contributed by atoms with van der Waals surface area (Å²) < 4.78 is 12.9. The van der Waals surface area contributed by atoms with Crippen LogP contribution in [-0.4, -0.2) is 29.6 Å². The molecule has 0 spiro atoms. The van der Waals surface area contributed by atoms with Gasteiger partial charge in [-0.25, -0.2) is 4.39 Å². The van der Waals surface area contributed by atoms with Gasteiger partial charge in [0.25, 0.3) is 0 Å². The zero-order valence-corrected chi connectivity index (χ0v) is 8.96. The number of carbonyl (C=O) groups is 1. The molecule has 0 saturated carbocycles. The monoisotopic (exact) mass is 231 g/mol. The predicted molar refractivity (Wildman–Crippen MR) is 55.4 cm³/mol. The second-order valence-electron chi connectivity index (χ2n) is 3.30. The van der Waals surface area contributed by atoms with Crippen LogP contribution in [0.2, 0.25) is 5.02 Å². The quantitative estimate of drug-likeness (QED) is 0.862. The fourth-order valence-electron chi connectivity index (χ4n) is 1.24. The van der Waals surface area contributed by atoms with Crippen molar-refractivity contribution in [2.45, 2.75) is 6.54 Å². The number of benzene rings is 1. The Labute approximate surface area is 92.1 Å². The van der Waals surface area contributed by atoms with Crippen molar-refractivity contribution in [3.05, 3.63) is 34.6 Å². The molecule has 82 valence electrons. The van der Waals surface area contributed by atoms with E-state index in [0.717, 1.165) is 0 Å². The average molecular weight is 232 g/mol. The zero-order chi connectivity index (χ0) is 11.4. The summed E-state index contributed by atoms with van der Waals surface area (Å²) in [5.74, 6) is -1.30. The summed E-state index contributed by atoms with van der Waals surface area (Å²) in [7, 11) is 1.63. The molecule has 0 aliphatic heterocycles. The molecular weight excluding hydrogens is 221 g/mol. The first-order valence-electron chi connectivity index (χ1n) is 4.33. The first-order chi connectivity index (χ1) is 6.99. The maximum absolute atomic E-state index is 12.9. The number of halogens is 2. The second-order valence-corrected chi connectivity index (χ2v) is 3.71. The number of nitrogens with zero attached hydrogens (tertiary/aromatic N) is 1. The number of rotatable bonds is 4. The fourth-order valence-corrected chi connectivity index (χ4v) is 1.42. The van der Waals surface area contributed by atoms with Crippen LogP contribution in [0.25, 0.3) is 0 Å². The number of aliphatic carboxylic acids is 1. The molecule has 1 N–H and O–H groups in total. The first kappa shape index (κ1) is 11.9. The van der Waals surface area contributed by atoms with Crippen molar-refractivity contribution in [3.63, 3.8) is 0 Å². The van der Waals surface area contributed by atoms with Crippen molar-refractivity contribution in [3.8, 4) is 0 Å². The van der Waals surface area contributed by atoms with E-state index >= 15 is 0 Å². The minimum absolute atomic E-state index is 0.104. The van der Waals surface area contributed by atoms with Gasteiger partial charge in [-0.05, 0) is 30.8 Å². The van der Waals surface area contributed by atoms with Crippen molar-refractivity contribution in [1.82, 2.24) is 4.90 Å². The van der Waals surface area contributed by atoms with Gasteiger partial charge in [-0.2, -0.15) is 0 Å². The van der Waals surface area contributed by atoms with Gasteiger partial charge in [0.2, 0.25) is 0 Å². The lowest BCUT2D eigenvalue weighted by Crippen LogP contribution is -2.25. The minimum Gasteiger partial charge on any atom is -0.480 e. The molecule has 0 bridgehead atoms. The smallest absolute Gasteiger partial charge is 0.317 e. The highest BCUT2D eigenvalue weighted by Crippen LogP contribution is 2.18. The molecule has 0 fully saturated rings. The second kappa shape index (κ2) is 5.09. The largest absolute Gasteiger partial charge is 0.480 e. The molecule has 15 heavy (non-hydrogen) atoms. The lowest BCUT2D eigenvalue weighted by molar-refractivity contribution is -0.138. The van der Waals surface area contributed by atoms with Gasteiger partial charge in [0.05, 0.1) is 6.54 Å². The maximum atomic E-state index is 12.9. The van der Waals surface area contributed by atoms with Crippen molar-refractivity contribution >= 4 is 17.6 Å². The molecule has 5 heteroatoms. The highest BCUT2D eigenvalue weighted by molar-refractivity contribution is 6.31. The molecule has 0 radical (unpaired) electrons. The van der Waals surface area contributed by atoms with E-state index in [9.17, 15) is 9.18 Å². The van der Waals surface area contributed by atoms with Crippen LogP contribution in [-0.2, 0) is 11.3 Å². The Balaban J connectivity index is 2.71. The Morgan fingerprint density at radius 1 is 1.60 bits per heavy atom. The summed E-state index contributed by atoms with van der Waals surface area (Å²) in [5.41, 5.74) is 0.584. The number of carboxylic acid groups (broad SMARTS) is 1. The van der Waals surface area contributed by atoms with E-state index in [1.54, 1.807) is 11.9 Å². The zero-order valence-electron chi connectivity index (χ0n) is 8.20. The normalized spacial score (nSPS) is 10.7. The number of carboxylic acids is 1. The van der Waals surface area contributed by atoms with Gasteiger partial charge in [-0.3, -0.25) is 9.69 Å². The van der Waals surface area contributed by atoms with Crippen LogP contribution in [0.1, 0.15) is 5.56 Å². The molecule has 1 aromatic carbocycles. The van der Waals surface area contributed by atoms with Crippen LogP contribution in [0.5, 0.6) is 0 Å². The van der Waals surface area contributed by atoms with Gasteiger partial charge in [-0.1, -0.05) is 11.6 Å². The van der Waals surface area contributed by atoms with Gasteiger partial charge < -0.3 is 5.11 Å². The Bertz CT molecular complexity index is 370. The molecular formula is C10H11ClFNO2. The molecule has 0 amide bonds. The van der Waals surface area contributed by atoms with Crippen LogP contribution >= 0.6 is 11.6 Å². The maximum Gasteiger partial charge on any atom is 0.317 e. The van der Waals surface area contributed by atoms with Crippen molar-refractivity contribution < 1.29 is 14.3 Å². The Kier molecular flexibility index (Phi) is 4.05. The summed E-state index contributed by atoms with van der Waals surface area (Å²) in [4.78, 5) is 11.9. The molecule has 1 rings (SSSR count). The predicted octanol–water partition coefficient (Wildman–Crippen LogP) is 2.00. The standard InChI is InChI=1S/C10H11ClFNO2/c1-13(6-10(14)15)5-7-4-8(12)2-3-9(7)11/h2-4H,5-6H2,1H3,(H,14,15). The third kappa shape index (κ3) is 3.85. The Morgan fingerprint density at radius 2 is 2.27 bits per heavy atom. The molecule has 0 aliphatic carbocycles. The average Bonchev–Trinajstić information content (AvgIpc) is 2.10. The third-order valence-corrected chi connectivity index (χ3v) is 2.22. The van der Waals surface area contributed by atoms with Crippen LogP contribution in [0.3, 0.4) is 0 Å². The highest BCUT2D eigenvalue weighted by Gasteiger charge is 2.08. The van der Waals surface area contributed by atoms with E-state index in [1.807, 2.05) is 0 Å². The lowest BCUT2D eigenvalue weighted by atomic mass is 10.2. The highest BCUT2D eigenvalue weighted by atomic mass is 35.5. The van der Waals surface area contributed by atoms with Gasteiger partial charge in [0.15, 0.2) is 0 Å². The topological polar surface area (TPSA) is 40.5 Å².